The first kappa shape index (κ1) is 15.2. The predicted molar refractivity (Wildman–Crippen MR) is 89.5 cm³/mol. The van der Waals surface area contributed by atoms with Crippen molar-refractivity contribution in [1.29, 1.82) is 0 Å². The summed E-state index contributed by atoms with van der Waals surface area (Å²) in [7, 11) is 1.40. The summed E-state index contributed by atoms with van der Waals surface area (Å²) < 4.78 is 5.76. The van der Waals surface area contributed by atoms with E-state index >= 15 is 0 Å². The summed E-state index contributed by atoms with van der Waals surface area (Å²) in [6.45, 7) is 5.45. The van der Waals surface area contributed by atoms with Gasteiger partial charge in [0.25, 0.3) is 5.89 Å². The van der Waals surface area contributed by atoms with Gasteiger partial charge < -0.3 is 9.25 Å². The van der Waals surface area contributed by atoms with Crippen LogP contribution in [0.5, 0.6) is 0 Å². The molecule has 0 unspecified atom stereocenters. The third-order valence-corrected chi connectivity index (χ3v) is 3.56. The van der Waals surface area contributed by atoms with Crippen molar-refractivity contribution < 1.29 is 14.0 Å². The van der Waals surface area contributed by atoms with Gasteiger partial charge in [-0.3, -0.25) is 4.79 Å². The van der Waals surface area contributed by atoms with Crippen LogP contribution in [0.15, 0.2) is 46.0 Å². The van der Waals surface area contributed by atoms with Crippen molar-refractivity contribution in [3.05, 3.63) is 42.3 Å². The maximum absolute atomic E-state index is 12.6. The summed E-state index contributed by atoms with van der Waals surface area (Å²) in [5.74, 6) is -0.00617. The molecule has 0 saturated carbocycles. The van der Waals surface area contributed by atoms with Gasteiger partial charge in [-0.05, 0) is 11.5 Å². The molecule has 0 saturated heterocycles. The van der Waals surface area contributed by atoms with E-state index in [0.717, 1.165) is 10.8 Å². The van der Waals surface area contributed by atoms with Crippen LogP contribution in [0.3, 0.4) is 0 Å². The average molecular weight is 310 g/mol. The Morgan fingerprint density at radius 2 is 1.91 bits per heavy atom. The molecule has 1 aromatic heterocycles. The van der Waals surface area contributed by atoms with Gasteiger partial charge >= 0.3 is 0 Å². The van der Waals surface area contributed by atoms with Crippen molar-refractivity contribution in [2.24, 2.45) is 10.6 Å². The number of benzene rings is 2. The zero-order valence-corrected chi connectivity index (χ0v) is 13.6. The van der Waals surface area contributed by atoms with Crippen molar-refractivity contribution in [2.75, 3.05) is 7.11 Å². The Morgan fingerprint density at radius 3 is 2.61 bits per heavy atom. The molecule has 0 spiro atoms. The summed E-state index contributed by atoms with van der Waals surface area (Å²) in [6.07, 6.45) is 0. The van der Waals surface area contributed by atoms with Crippen LogP contribution in [0.4, 0.5) is 0 Å². The molecule has 0 N–H and O–H groups in total. The molecule has 0 fully saturated rings. The Bertz CT molecular complexity index is 917. The number of hydrogen-bond acceptors (Lipinski definition) is 5. The number of carbonyl (C=O) groups is 1. The zero-order valence-electron chi connectivity index (χ0n) is 13.6. The third-order valence-electron chi connectivity index (χ3n) is 3.56. The van der Waals surface area contributed by atoms with Gasteiger partial charge in [0.1, 0.15) is 12.6 Å². The predicted octanol–water partition coefficient (Wildman–Crippen LogP) is 3.95. The minimum Gasteiger partial charge on any atom is -0.434 e. The smallest absolute Gasteiger partial charge is 0.253 e. The Labute approximate surface area is 133 Å². The fourth-order valence-electron chi connectivity index (χ4n) is 2.39. The summed E-state index contributed by atoms with van der Waals surface area (Å²) in [5.41, 5.74) is 0.813. The second-order valence-electron chi connectivity index (χ2n) is 6.35. The fourth-order valence-corrected chi connectivity index (χ4v) is 2.39. The van der Waals surface area contributed by atoms with E-state index in [1.165, 1.54) is 7.11 Å². The van der Waals surface area contributed by atoms with Gasteiger partial charge in [0, 0.05) is 10.8 Å². The second-order valence-corrected chi connectivity index (χ2v) is 6.35. The number of rotatable bonds is 3. The molecule has 0 radical (unpaired) electrons. The van der Waals surface area contributed by atoms with E-state index in [9.17, 15) is 4.79 Å². The molecule has 3 aromatic rings. The van der Waals surface area contributed by atoms with Crippen LogP contribution in [-0.2, 0) is 9.63 Å². The van der Waals surface area contributed by atoms with Crippen molar-refractivity contribution >= 4 is 33.4 Å². The molecule has 118 valence electrons. The van der Waals surface area contributed by atoms with Crippen LogP contribution in [0.2, 0.25) is 0 Å². The van der Waals surface area contributed by atoms with Crippen molar-refractivity contribution in [3.63, 3.8) is 0 Å². The Hall–Kier alpha value is -2.69. The lowest BCUT2D eigenvalue weighted by molar-refractivity contribution is -0.119. The number of hydrogen-bond donors (Lipinski definition) is 0. The van der Waals surface area contributed by atoms with Gasteiger partial charge in [0.15, 0.2) is 11.4 Å². The molecule has 3 rings (SSSR count). The van der Waals surface area contributed by atoms with Gasteiger partial charge in [0.2, 0.25) is 5.71 Å². The van der Waals surface area contributed by atoms with E-state index in [4.69, 9.17) is 9.25 Å². The molecule has 0 aliphatic carbocycles. The van der Waals surface area contributed by atoms with Crippen LogP contribution >= 0.6 is 0 Å². The zero-order chi connectivity index (χ0) is 16.6. The molecular weight excluding hydrogens is 292 g/mol. The molecule has 0 bridgehead atoms. The standard InChI is InChI=1S/C18H18N2O3/c1-18(2,3)16(21)15(20-22-4)17-19-14-12-8-6-5-7-11(12)9-10-13(14)23-17/h5-10H,1-4H3/b20-15+. The number of oxazole rings is 1. The number of oxime groups is 1. The lowest BCUT2D eigenvalue weighted by Crippen LogP contribution is -2.29. The van der Waals surface area contributed by atoms with E-state index < -0.39 is 5.41 Å². The van der Waals surface area contributed by atoms with Gasteiger partial charge in [-0.2, -0.15) is 0 Å². The minimum atomic E-state index is -0.611. The molecule has 5 nitrogen and oxygen atoms in total. The molecule has 23 heavy (non-hydrogen) atoms. The van der Waals surface area contributed by atoms with E-state index in [2.05, 4.69) is 10.1 Å². The second kappa shape index (κ2) is 5.50. The van der Waals surface area contributed by atoms with E-state index in [0.29, 0.717) is 11.1 Å². The van der Waals surface area contributed by atoms with Crippen molar-refractivity contribution in [1.82, 2.24) is 4.98 Å². The summed E-state index contributed by atoms with van der Waals surface area (Å²) in [5, 5.41) is 5.88. The molecule has 5 heteroatoms. The third kappa shape index (κ3) is 2.70. The van der Waals surface area contributed by atoms with E-state index in [1.807, 2.05) is 57.2 Å². The quantitative estimate of drug-likeness (QED) is 0.543. The molecule has 2 aromatic carbocycles. The number of nitrogens with zero attached hydrogens (tertiary/aromatic N) is 2. The monoisotopic (exact) mass is 310 g/mol. The highest BCUT2D eigenvalue weighted by Crippen LogP contribution is 2.27. The molecule has 0 aliphatic heterocycles. The van der Waals surface area contributed by atoms with Crippen molar-refractivity contribution in [2.45, 2.75) is 20.8 Å². The van der Waals surface area contributed by atoms with Gasteiger partial charge in [-0.15, -0.1) is 0 Å². The van der Waals surface area contributed by atoms with Gasteiger partial charge in [-0.25, -0.2) is 4.98 Å². The van der Waals surface area contributed by atoms with Crippen molar-refractivity contribution in [3.8, 4) is 0 Å². The normalized spacial score (nSPS) is 12.8. The molecule has 0 amide bonds. The number of ketones is 1. The van der Waals surface area contributed by atoms with Crippen LogP contribution in [0, 0.1) is 5.41 Å². The fraction of sp³-hybridized carbons (Fsp3) is 0.278. The first-order chi connectivity index (χ1) is 10.9. The topological polar surface area (TPSA) is 64.7 Å². The first-order valence-corrected chi connectivity index (χ1v) is 7.36. The summed E-state index contributed by atoms with van der Waals surface area (Å²) >= 11 is 0. The maximum Gasteiger partial charge on any atom is 0.253 e. The highest BCUT2D eigenvalue weighted by Gasteiger charge is 2.31. The highest BCUT2D eigenvalue weighted by atomic mass is 16.6. The highest BCUT2D eigenvalue weighted by molar-refractivity contribution is 6.46. The average Bonchev–Trinajstić information content (AvgIpc) is 2.95. The molecule has 1 heterocycles. The summed E-state index contributed by atoms with van der Waals surface area (Å²) in [4.78, 5) is 21.9. The molecular formula is C18H18N2O3. The number of aromatic nitrogens is 1. The lowest BCUT2D eigenvalue weighted by atomic mass is 9.88. The van der Waals surface area contributed by atoms with Gasteiger partial charge in [-0.1, -0.05) is 56.3 Å². The first-order valence-electron chi connectivity index (χ1n) is 7.36. The largest absolute Gasteiger partial charge is 0.434 e. The van der Waals surface area contributed by atoms with Crippen LogP contribution in [-0.4, -0.2) is 23.6 Å². The SMILES string of the molecule is CO/N=C(\C(=O)C(C)(C)C)c1nc2c(ccc3ccccc32)o1. The summed E-state index contributed by atoms with van der Waals surface area (Å²) in [6, 6.07) is 11.7. The Kier molecular flexibility index (Phi) is 3.64. The van der Waals surface area contributed by atoms with Crippen LogP contribution < -0.4 is 0 Å². The molecule has 0 aliphatic rings. The number of Topliss-reactive ketones (excluding diaryl/α,β-unsaturated/α-hetero) is 1. The van der Waals surface area contributed by atoms with Gasteiger partial charge in [0.05, 0.1) is 0 Å². The van der Waals surface area contributed by atoms with E-state index in [1.54, 1.807) is 0 Å². The number of carbonyl (C=O) groups excluding carboxylic acids is 1. The van der Waals surface area contributed by atoms with Crippen LogP contribution in [0.25, 0.3) is 21.9 Å². The lowest BCUT2D eigenvalue weighted by Gasteiger charge is -2.15. The Morgan fingerprint density at radius 1 is 1.17 bits per heavy atom. The minimum absolute atomic E-state index is 0.0975. The maximum atomic E-state index is 12.6. The Balaban J connectivity index is 2.20. The molecule has 0 atom stereocenters. The van der Waals surface area contributed by atoms with E-state index in [-0.39, 0.29) is 17.4 Å². The number of fused-ring (bicyclic) bond motifs is 3. The van der Waals surface area contributed by atoms with Crippen LogP contribution in [0.1, 0.15) is 26.7 Å².